The summed E-state index contributed by atoms with van der Waals surface area (Å²) < 4.78 is 19.3. The summed E-state index contributed by atoms with van der Waals surface area (Å²) in [6, 6.07) is 4.96. The van der Waals surface area contributed by atoms with Gasteiger partial charge in [-0.05, 0) is 37.5 Å². The number of piperidine rings is 1. The fourth-order valence-electron chi connectivity index (χ4n) is 2.37. The normalized spacial score (nSPS) is 19.0. The van der Waals surface area contributed by atoms with Gasteiger partial charge in [-0.2, -0.15) is 0 Å². The van der Waals surface area contributed by atoms with E-state index in [9.17, 15) is 9.50 Å². The summed E-state index contributed by atoms with van der Waals surface area (Å²) in [4.78, 5) is 2.04. The SMILES string of the molecule is COC1CCN(c2ccc([C@H](C)O)cc2F)CC1. The van der Waals surface area contributed by atoms with Crippen molar-refractivity contribution < 1.29 is 14.2 Å². The Labute approximate surface area is 107 Å². The first-order valence-corrected chi connectivity index (χ1v) is 6.37. The van der Waals surface area contributed by atoms with Gasteiger partial charge in [0.1, 0.15) is 5.82 Å². The number of hydrogen-bond donors (Lipinski definition) is 1. The van der Waals surface area contributed by atoms with Gasteiger partial charge in [-0.25, -0.2) is 4.39 Å². The minimum Gasteiger partial charge on any atom is -0.389 e. The molecule has 1 heterocycles. The Bertz CT molecular complexity index is 401. The third-order valence-corrected chi connectivity index (χ3v) is 3.57. The number of rotatable bonds is 3. The van der Waals surface area contributed by atoms with Gasteiger partial charge < -0.3 is 14.7 Å². The van der Waals surface area contributed by atoms with Gasteiger partial charge in [-0.15, -0.1) is 0 Å². The van der Waals surface area contributed by atoms with E-state index in [1.54, 1.807) is 26.2 Å². The molecule has 0 spiro atoms. The Hall–Kier alpha value is -1.13. The third kappa shape index (κ3) is 2.82. The number of halogens is 1. The van der Waals surface area contributed by atoms with Crippen LogP contribution in [0.1, 0.15) is 31.4 Å². The first-order valence-electron chi connectivity index (χ1n) is 6.37. The van der Waals surface area contributed by atoms with E-state index < -0.39 is 6.10 Å². The third-order valence-electron chi connectivity index (χ3n) is 3.57. The zero-order valence-electron chi connectivity index (χ0n) is 10.9. The van der Waals surface area contributed by atoms with Crippen molar-refractivity contribution in [2.45, 2.75) is 32.0 Å². The first kappa shape index (κ1) is 13.3. The van der Waals surface area contributed by atoms with Crippen molar-refractivity contribution in [3.8, 4) is 0 Å². The van der Waals surface area contributed by atoms with Gasteiger partial charge >= 0.3 is 0 Å². The predicted molar refractivity (Wildman–Crippen MR) is 69.3 cm³/mol. The highest BCUT2D eigenvalue weighted by Gasteiger charge is 2.21. The smallest absolute Gasteiger partial charge is 0.146 e. The molecule has 1 atom stereocenters. The van der Waals surface area contributed by atoms with Crippen molar-refractivity contribution in [1.82, 2.24) is 0 Å². The average molecular weight is 253 g/mol. The molecule has 2 rings (SSSR count). The van der Waals surface area contributed by atoms with Crippen LogP contribution in [0.5, 0.6) is 0 Å². The number of aliphatic hydroxyl groups excluding tert-OH is 1. The van der Waals surface area contributed by atoms with Crippen molar-refractivity contribution in [2.75, 3.05) is 25.1 Å². The fraction of sp³-hybridized carbons (Fsp3) is 0.571. The molecule has 100 valence electrons. The monoisotopic (exact) mass is 253 g/mol. The quantitative estimate of drug-likeness (QED) is 0.898. The molecule has 1 aromatic carbocycles. The van der Waals surface area contributed by atoms with E-state index >= 15 is 0 Å². The second-order valence-corrected chi connectivity index (χ2v) is 4.81. The lowest BCUT2D eigenvalue weighted by atomic mass is 10.1. The molecule has 0 amide bonds. The van der Waals surface area contributed by atoms with E-state index in [1.807, 2.05) is 4.90 Å². The van der Waals surface area contributed by atoms with Crippen LogP contribution >= 0.6 is 0 Å². The number of ether oxygens (including phenoxy) is 1. The molecule has 0 unspecified atom stereocenters. The zero-order valence-corrected chi connectivity index (χ0v) is 10.9. The lowest BCUT2D eigenvalue weighted by molar-refractivity contribution is 0.0818. The molecule has 1 fully saturated rings. The van der Waals surface area contributed by atoms with Gasteiger partial charge in [-0.1, -0.05) is 6.07 Å². The molecular formula is C14H20FNO2. The van der Waals surface area contributed by atoms with E-state index in [2.05, 4.69) is 0 Å². The van der Waals surface area contributed by atoms with Crippen LogP contribution in [0.25, 0.3) is 0 Å². The molecular weight excluding hydrogens is 233 g/mol. The van der Waals surface area contributed by atoms with E-state index in [-0.39, 0.29) is 5.82 Å². The Morgan fingerprint density at radius 1 is 1.39 bits per heavy atom. The van der Waals surface area contributed by atoms with Gasteiger partial charge in [0.15, 0.2) is 0 Å². The summed E-state index contributed by atoms with van der Waals surface area (Å²) in [6.45, 7) is 3.26. The lowest BCUT2D eigenvalue weighted by Gasteiger charge is -2.33. The lowest BCUT2D eigenvalue weighted by Crippen LogP contribution is -2.37. The van der Waals surface area contributed by atoms with Crippen molar-refractivity contribution >= 4 is 5.69 Å². The molecule has 0 radical (unpaired) electrons. The number of aliphatic hydroxyl groups is 1. The second kappa shape index (κ2) is 5.67. The maximum Gasteiger partial charge on any atom is 0.146 e. The molecule has 1 aromatic rings. The van der Waals surface area contributed by atoms with E-state index in [0.717, 1.165) is 25.9 Å². The topological polar surface area (TPSA) is 32.7 Å². The van der Waals surface area contributed by atoms with Crippen molar-refractivity contribution in [3.63, 3.8) is 0 Å². The largest absolute Gasteiger partial charge is 0.389 e. The molecule has 0 aromatic heterocycles. The highest BCUT2D eigenvalue weighted by Crippen LogP contribution is 2.26. The van der Waals surface area contributed by atoms with E-state index in [4.69, 9.17) is 4.74 Å². The molecule has 1 saturated heterocycles. The van der Waals surface area contributed by atoms with Gasteiger partial charge in [0.25, 0.3) is 0 Å². The summed E-state index contributed by atoms with van der Waals surface area (Å²) in [7, 11) is 1.72. The molecule has 1 aliphatic heterocycles. The molecule has 18 heavy (non-hydrogen) atoms. The van der Waals surface area contributed by atoms with Gasteiger partial charge in [0.2, 0.25) is 0 Å². The minimum atomic E-state index is -0.632. The number of nitrogens with zero attached hydrogens (tertiary/aromatic N) is 1. The number of anilines is 1. The maximum atomic E-state index is 14.0. The molecule has 0 saturated carbocycles. The summed E-state index contributed by atoms with van der Waals surface area (Å²) in [6.07, 6.45) is 1.51. The zero-order chi connectivity index (χ0) is 13.1. The molecule has 0 bridgehead atoms. The number of methoxy groups -OCH3 is 1. The molecule has 4 heteroatoms. The van der Waals surface area contributed by atoms with Gasteiger partial charge in [0, 0.05) is 20.2 Å². The summed E-state index contributed by atoms with van der Waals surface area (Å²) in [5.74, 6) is -0.260. The number of benzene rings is 1. The average Bonchev–Trinajstić information content (AvgIpc) is 2.38. The number of hydrogen-bond acceptors (Lipinski definition) is 3. The van der Waals surface area contributed by atoms with Crippen molar-refractivity contribution in [1.29, 1.82) is 0 Å². The molecule has 1 N–H and O–H groups in total. The van der Waals surface area contributed by atoms with Crippen molar-refractivity contribution in [3.05, 3.63) is 29.6 Å². The fourth-order valence-corrected chi connectivity index (χ4v) is 2.37. The predicted octanol–water partition coefficient (Wildman–Crippen LogP) is 2.49. The Morgan fingerprint density at radius 2 is 2.06 bits per heavy atom. The second-order valence-electron chi connectivity index (χ2n) is 4.81. The Kier molecular flexibility index (Phi) is 4.19. The Morgan fingerprint density at radius 3 is 2.56 bits per heavy atom. The Balaban J connectivity index is 2.10. The standard InChI is InChI=1S/C14H20FNO2/c1-10(17)11-3-4-14(13(15)9-11)16-7-5-12(18-2)6-8-16/h3-4,9-10,12,17H,5-8H2,1-2H3/t10-/m0/s1. The summed E-state index contributed by atoms with van der Waals surface area (Å²) in [5.41, 5.74) is 1.23. The summed E-state index contributed by atoms with van der Waals surface area (Å²) in [5, 5.41) is 9.42. The summed E-state index contributed by atoms with van der Waals surface area (Å²) >= 11 is 0. The molecule has 3 nitrogen and oxygen atoms in total. The van der Waals surface area contributed by atoms with E-state index in [1.165, 1.54) is 6.07 Å². The first-order chi connectivity index (χ1) is 8.61. The van der Waals surface area contributed by atoms with E-state index in [0.29, 0.717) is 17.4 Å². The van der Waals surface area contributed by atoms with Crippen LogP contribution < -0.4 is 4.90 Å². The van der Waals surface area contributed by atoms with Crippen LogP contribution in [0.4, 0.5) is 10.1 Å². The van der Waals surface area contributed by atoms with Crippen molar-refractivity contribution in [2.24, 2.45) is 0 Å². The van der Waals surface area contributed by atoms with Crippen LogP contribution in [-0.2, 0) is 4.74 Å². The maximum absolute atomic E-state index is 14.0. The van der Waals surface area contributed by atoms with Crippen LogP contribution in [0.2, 0.25) is 0 Å². The highest BCUT2D eigenvalue weighted by atomic mass is 19.1. The van der Waals surface area contributed by atoms with Crippen LogP contribution in [0, 0.1) is 5.82 Å². The molecule has 1 aliphatic rings. The van der Waals surface area contributed by atoms with Gasteiger partial charge in [-0.3, -0.25) is 0 Å². The van der Waals surface area contributed by atoms with Crippen LogP contribution in [0.3, 0.4) is 0 Å². The van der Waals surface area contributed by atoms with Crippen LogP contribution in [-0.4, -0.2) is 31.4 Å². The van der Waals surface area contributed by atoms with Gasteiger partial charge in [0.05, 0.1) is 17.9 Å². The molecule has 0 aliphatic carbocycles. The van der Waals surface area contributed by atoms with Crippen LogP contribution in [0.15, 0.2) is 18.2 Å². The highest BCUT2D eigenvalue weighted by molar-refractivity contribution is 5.49. The minimum absolute atomic E-state index is 0.260.